The van der Waals surface area contributed by atoms with Crippen LogP contribution >= 0.6 is 0 Å². The lowest BCUT2D eigenvalue weighted by molar-refractivity contribution is -0.129. The molecule has 0 unspecified atom stereocenters. The first-order valence-corrected chi connectivity index (χ1v) is 9.00. The number of carbonyl (C=O) groups excluding carboxylic acids is 1. The van der Waals surface area contributed by atoms with Crippen molar-refractivity contribution in [1.29, 1.82) is 0 Å². The summed E-state index contributed by atoms with van der Waals surface area (Å²) in [7, 11) is 0. The third kappa shape index (κ3) is 3.62. The topological polar surface area (TPSA) is 71.0 Å². The van der Waals surface area contributed by atoms with Crippen LogP contribution < -0.4 is 5.32 Å². The number of hydrogen-bond donors (Lipinski definition) is 1. The quantitative estimate of drug-likeness (QED) is 0.929. The Morgan fingerprint density at radius 2 is 1.88 bits per heavy atom. The largest absolute Gasteiger partial charge is 0.351 e. The van der Waals surface area contributed by atoms with Gasteiger partial charge in [-0.1, -0.05) is 0 Å². The summed E-state index contributed by atoms with van der Waals surface area (Å²) >= 11 is 0. The zero-order valence-electron chi connectivity index (χ0n) is 14.5. The predicted molar refractivity (Wildman–Crippen MR) is 96.1 cm³/mol. The van der Waals surface area contributed by atoms with Gasteiger partial charge in [0.2, 0.25) is 11.9 Å². The van der Waals surface area contributed by atoms with E-state index in [9.17, 15) is 4.79 Å². The van der Waals surface area contributed by atoms with E-state index in [4.69, 9.17) is 4.98 Å². The molecule has 0 radical (unpaired) electrons. The highest BCUT2D eigenvalue weighted by Crippen LogP contribution is 2.34. The van der Waals surface area contributed by atoms with Gasteiger partial charge < -0.3 is 10.2 Å². The van der Waals surface area contributed by atoms with E-state index in [1.807, 2.05) is 23.2 Å². The van der Waals surface area contributed by atoms with E-state index >= 15 is 0 Å². The Bertz CT molecular complexity index is 752. The van der Waals surface area contributed by atoms with E-state index in [1.54, 1.807) is 19.3 Å². The van der Waals surface area contributed by atoms with Crippen LogP contribution in [0.4, 0.5) is 5.95 Å². The molecular weight excluding hydrogens is 314 g/mol. The maximum absolute atomic E-state index is 11.6. The first-order chi connectivity index (χ1) is 12.2. The SMILES string of the molecule is CC(=O)N1CCC(c2nc(NC3CC3)ncc2-c2ccncc2)CC1. The third-order valence-corrected chi connectivity index (χ3v) is 5.05. The van der Waals surface area contributed by atoms with E-state index in [2.05, 4.69) is 15.3 Å². The maximum Gasteiger partial charge on any atom is 0.223 e. The standard InChI is InChI=1S/C19H23N5O/c1-13(25)24-10-6-15(7-11-24)18-17(14-4-8-20-9-5-14)12-21-19(23-18)22-16-2-3-16/h4-5,8-9,12,15-16H,2-3,6-7,10-11H2,1H3,(H,21,22,23). The number of pyridine rings is 1. The summed E-state index contributed by atoms with van der Waals surface area (Å²) in [6.07, 6.45) is 9.81. The van der Waals surface area contributed by atoms with Crippen LogP contribution in [0.25, 0.3) is 11.1 Å². The molecule has 4 rings (SSSR count). The van der Waals surface area contributed by atoms with Crippen LogP contribution in [0.1, 0.15) is 44.2 Å². The number of amides is 1. The fourth-order valence-corrected chi connectivity index (χ4v) is 3.41. The van der Waals surface area contributed by atoms with Gasteiger partial charge in [-0.3, -0.25) is 9.78 Å². The third-order valence-electron chi connectivity index (χ3n) is 5.05. The summed E-state index contributed by atoms with van der Waals surface area (Å²) in [4.78, 5) is 27.0. The average molecular weight is 337 g/mol. The molecule has 2 aliphatic rings. The highest BCUT2D eigenvalue weighted by atomic mass is 16.2. The van der Waals surface area contributed by atoms with Gasteiger partial charge in [-0.15, -0.1) is 0 Å². The maximum atomic E-state index is 11.6. The molecule has 2 aromatic heterocycles. The summed E-state index contributed by atoms with van der Waals surface area (Å²) in [5.74, 6) is 1.23. The van der Waals surface area contributed by atoms with Crippen LogP contribution in [0.15, 0.2) is 30.7 Å². The molecule has 0 bridgehead atoms. The molecule has 1 amide bonds. The molecule has 2 fully saturated rings. The van der Waals surface area contributed by atoms with Crippen LogP contribution in [-0.4, -0.2) is 44.9 Å². The Morgan fingerprint density at radius 3 is 2.52 bits per heavy atom. The molecule has 2 aromatic rings. The second-order valence-corrected chi connectivity index (χ2v) is 6.93. The van der Waals surface area contributed by atoms with Gasteiger partial charge in [-0.2, -0.15) is 0 Å². The second kappa shape index (κ2) is 6.78. The first kappa shape index (κ1) is 16.0. The Labute approximate surface area is 147 Å². The van der Waals surface area contributed by atoms with Gasteiger partial charge in [-0.05, 0) is 43.4 Å². The van der Waals surface area contributed by atoms with Crippen molar-refractivity contribution in [3.63, 3.8) is 0 Å². The van der Waals surface area contributed by atoms with Crippen molar-refractivity contribution in [2.45, 2.75) is 44.6 Å². The van der Waals surface area contributed by atoms with Crippen LogP contribution in [0, 0.1) is 0 Å². The van der Waals surface area contributed by atoms with Gasteiger partial charge in [0.05, 0.1) is 5.69 Å². The van der Waals surface area contributed by atoms with Crippen molar-refractivity contribution in [2.75, 3.05) is 18.4 Å². The van der Waals surface area contributed by atoms with Gasteiger partial charge in [0.1, 0.15) is 0 Å². The lowest BCUT2D eigenvalue weighted by atomic mass is 9.89. The zero-order chi connectivity index (χ0) is 17.2. The molecule has 1 saturated heterocycles. The van der Waals surface area contributed by atoms with Crippen molar-refractivity contribution in [3.05, 3.63) is 36.4 Å². The normalized spacial score (nSPS) is 18.2. The van der Waals surface area contributed by atoms with Crippen molar-refractivity contribution >= 4 is 11.9 Å². The van der Waals surface area contributed by atoms with Gasteiger partial charge >= 0.3 is 0 Å². The van der Waals surface area contributed by atoms with Gasteiger partial charge in [-0.25, -0.2) is 9.97 Å². The molecule has 6 nitrogen and oxygen atoms in total. The number of nitrogens with one attached hydrogen (secondary N) is 1. The molecule has 25 heavy (non-hydrogen) atoms. The summed E-state index contributed by atoms with van der Waals surface area (Å²) in [6, 6.07) is 4.53. The molecule has 6 heteroatoms. The van der Waals surface area contributed by atoms with E-state index in [-0.39, 0.29) is 5.91 Å². The fourth-order valence-electron chi connectivity index (χ4n) is 3.41. The van der Waals surface area contributed by atoms with E-state index in [0.717, 1.165) is 48.7 Å². The van der Waals surface area contributed by atoms with Crippen molar-refractivity contribution in [1.82, 2.24) is 19.9 Å². The van der Waals surface area contributed by atoms with Crippen LogP contribution in [0.2, 0.25) is 0 Å². The summed E-state index contributed by atoms with van der Waals surface area (Å²) in [5, 5.41) is 3.40. The Hall–Kier alpha value is -2.50. The highest BCUT2D eigenvalue weighted by molar-refractivity contribution is 5.73. The van der Waals surface area contributed by atoms with Crippen LogP contribution in [0.5, 0.6) is 0 Å². The molecule has 1 aliphatic carbocycles. The van der Waals surface area contributed by atoms with Crippen molar-refractivity contribution in [2.24, 2.45) is 0 Å². The number of hydrogen-bond acceptors (Lipinski definition) is 5. The smallest absolute Gasteiger partial charge is 0.223 e. The van der Waals surface area contributed by atoms with Crippen molar-refractivity contribution in [3.8, 4) is 11.1 Å². The number of likely N-dealkylation sites (tertiary alicyclic amines) is 1. The van der Waals surface area contributed by atoms with E-state index in [0.29, 0.717) is 12.0 Å². The lowest BCUT2D eigenvalue weighted by Crippen LogP contribution is -2.36. The first-order valence-electron chi connectivity index (χ1n) is 9.00. The number of anilines is 1. The minimum Gasteiger partial charge on any atom is -0.351 e. The van der Waals surface area contributed by atoms with Gasteiger partial charge in [0.25, 0.3) is 0 Å². The Kier molecular flexibility index (Phi) is 4.34. The lowest BCUT2D eigenvalue weighted by Gasteiger charge is -2.31. The van der Waals surface area contributed by atoms with Gasteiger partial charge in [0.15, 0.2) is 0 Å². The predicted octanol–water partition coefficient (Wildman–Crippen LogP) is 2.84. The Morgan fingerprint density at radius 1 is 1.16 bits per heavy atom. The molecule has 3 heterocycles. The number of nitrogens with zero attached hydrogens (tertiary/aromatic N) is 4. The molecule has 0 atom stereocenters. The summed E-state index contributed by atoms with van der Waals surface area (Å²) in [6.45, 7) is 3.24. The average Bonchev–Trinajstić information content (AvgIpc) is 3.46. The van der Waals surface area contributed by atoms with Gasteiger partial charge in [0, 0.05) is 56.1 Å². The minimum absolute atomic E-state index is 0.159. The van der Waals surface area contributed by atoms with E-state index in [1.165, 1.54) is 12.8 Å². The molecule has 130 valence electrons. The monoisotopic (exact) mass is 337 g/mol. The summed E-state index contributed by atoms with van der Waals surface area (Å²) in [5.41, 5.74) is 3.26. The number of carbonyl (C=O) groups is 1. The minimum atomic E-state index is 0.159. The number of rotatable bonds is 4. The van der Waals surface area contributed by atoms with Crippen molar-refractivity contribution < 1.29 is 4.79 Å². The van der Waals surface area contributed by atoms with E-state index < -0.39 is 0 Å². The molecule has 0 spiro atoms. The highest BCUT2D eigenvalue weighted by Gasteiger charge is 2.27. The Balaban J connectivity index is 1.64. The zero-order valence-corrected chi connectivity index (χ0v) is 14.5. The number of piperidine rings is 1. The summed E-state index contributed by atoms with van der Waals surface area (Å²) < 4.78 is 0. The molecule has 1 aliphatic heterocycles. The van der Waals surface area contributed by atoms with Crippen LogP contribution in [-0.2, 0) is 4.79 Å². The fraction of sp³-hybridized carbons (Fsp3) is 0.474. The molecule has 1 N–H and O–H groups in total. The molecule has 1 saturated carbocycles. The second-order valence-electron chi connectivity index (χ2n) is 6.93. The number of aromatic nitrogens is 3. The van der Waals surface area contributed by atoms with Crippen LogP contribution in [0.3, 0.4) is 0 Å². The molecular formula is C19H23N5O. The molecule has 0 aromatic carbocycles.